The van der Waals surface area contributed by atoms with E-state index < -0.39 is 0 Å². The summed E-state index contributed by atoms with van der Waals surface area (Å²) in [5.74, 6) is 0. The molecule has 3 heteroatoms. The maximum atomic E-state index is 11.5. The number of aryl methyl sites for hydroxylation is 1. The fraction of sp³-hybridized carbons (Fsp3) is 0.400. The van der Waals surface area contributed by atoms with Gasteiger partial charge in [-0.15, -0.1) is 0 Å². The van der Waals surface area contributed by atoms with Gasteiger partial charge in [0.25, 0.3) is 5.56 Å². The molecule has 1 aromatic heterocycles. The lowest BCUT2D eigenvalue weighted by atomic mass is 10.3. The lowest BCUT2D eigenvalue weighted by Crippen LogP contribution is -2.22. The molecule has 13 heavy (non-hydrogen) atoms. The maximum absolute atomic E-state index is 11.5. The van der Waals surface area contributed by atoms with Gasteiger partial charge in [-0.25, -0.2) is 0 Å². The molecule has 0 N–H and O–H groups in total. The van der Waals surface area contributed by atoms with Crippen molar-refractivity contribution >= 4 is 0 Å². The Labute approximate surface area is 77.7 Å². The van der Waals surface area contributed by atoms with E-state index in [9.17, 15) is 4.79 Å². The number of nitrogens with zero attached hydrogens (tertiary/aromatic N) is 2. The SMILES string of the molecule is CC(C)=CCn1ccnc(C)c1=O. The molecule has 3 nitrogen and oxygen atoms in total. The van der Waals surface area contributed by atoms with Gasteiger partial charge in [0.2, 0.25) is 0 Å². The van der Waals surface area contributed by atoms with Gasteiger partial charge in [0.15, 0.2) is 0 Å². The number of rotatable bonds is 2. The Morgan fingerprint density at radius 1 is 1.62 bits per heavy atom. The monoisotopic (exact) mass is 178 g/mol. The summed E-state index contributed by atoms with van der Waals surface area (Å²) in [6, 6.07) is 0. The van der Waals surface area contributed by atoms with Crippen LogP contribution in [0.1, 0.15) is 19.5 Å². The van der Waals surface area contributed by atoms with E-state index in [1.807, 2.05) is 19.9 Å². The van der Waals surface area contributed by atoms with Gasteiger partial charge in [0.05, 0.1) is 0 Å². The van der Waals surface area contributed by atoms with Crippen LogP contribution < -0.4 is 5.56 Å². The van der Waals surface area contributed by atoms with Gasteiger partial charge >= 0.3 is 0 Å². The minimum absolute atomic E-state index is 0.0139. The van der Waals surface area contributed by atoms with E-state index in [1.54, 1.807) is 23.9 Å². The quantitative estimate of drug-likeness (QED) is 0.643. The third-order valence-corrected chi connectivity index (χ3v) is 1.78. The first-order chi connectivity index (χ1) is 6.11. The predicted octanol–water partition coefficient (Wildman–Crippen LogP) is 1.52. The smallest absolute Gasteiger partial charge is 0.272 e. The fourth-order valence-corrected chi connectivity index (χ4v) is 0.981. The Balaban J connectivity index is 2.97. The van der Waals surface area contributed by atoms with Crippen LogP contribution in [-0.2, 0) is 6.54 Å². The summed E-state index contributed by atoms with van der Waals surface area (Å²) in [6.07, 6.45) is 5.37. The van der Waals surface area contributed by atoms with Crippen molar-refractivity contribution in [1.82, 2.24) is 9.55 Å². The minimum atomic E-state index is -0.0139. The first kappa shape index (κ1) is 9.71. The predicted molar refractivity (Wildman–Crippen MR) is 52.7 cm³/mol. The molecular formula is C10H14N2O. The zero-order chi connectivity index (χ0) is 9.84. The highest BCUT2D eigenvalue weighted by atomic mass is 16.1. The van der Waals surface area contributed by atoms with Gasteiger partial charge in [-0.1, -0.05) is 11.6 Å². The average molecular weight is 178 g/mol. The van der Waals surface area contributed by atoms with Crippen molar-refractivity contribution in [2.75, 3.05) is 0 Å². The lowest BCUT2D eigenvalue weighted by Gasteiger charge is -2.01. The Morgan fingerprint density at radius 3 is 2.92 bits per heavy atom. The summed E-state index contributed by atoms with van der Waals surface area (Å²) in [6.45, 7) is 6.38. The molecule has 0 bridgehead atoms. The molecule has 0 aliphatic rings. The summed E-state index contributed by atoms with van der Waals surface area (Å²) in [5.41, 5.74) is 1.74. The van der Waals surface area contributed by atoms with Crippen LogP contribution in [0, 0.1) is 6.92 Å². The van der Waals surface area contributed by atoms with E-state index in [2.05, 4.69) is 4.98 Å². The Hall–Kier alpha value is -1.38. The average Bonchev–Trinajstić information content (AvgIpc) is 2.07. The van der Waals surface area contributed by atoms with Crippen LogP contribution in [0.3, 0.4) is 0 Å². The van der Waals surface area contributed by atoms with Crippen LogP contribution in [0.5, 0.6) is 0 Å². The van der Waals surface area contributed by atoms with Crippen LogP contribution in [0.4, 0.5) is 0 Å². The molecule has 1 aromatic rings. The Kier molecular flexibility index (Phi) is 3.01. The molecule has 0 saturated heterocycles. The van der Waals surface area contributed by atoms with E-state index in [4.69, 9.17) is 0 Å². The largest absolute Gasteiger partial charge is 0.309 e. The second-order valence-corrected chi connectivity index (χ2v) is 3.25. The normalized spacial score (nSPS) is 9.77. The second kappa shape index (κ2) is 4.03. The molecular weight excluding hydrogens is 164 g/mol. The van der Waals surface area contributed by atoms with E-state index in [-0.39, 0.29) is 5.56 Å². The molecule has 0 amide bonds. The number of hydrogen-bond acceptors (Lipinski definition) is 2. The van der Waals surface area contributed by atoms with Crippen LogP contribution in [0.15, 0.2) is 28.8 Å². The molecule has 0 aliphatic carbocycles. The summed E-state index contributed by atoms with van der Waals surface area (Å²) in [7, 11) is 0. The van der Waals surface area contributed by atoms with Crippen LogP contribution in [0.25, 0.3) is 0 Å². The molecule has 0 atom stereocenters. The highest BCUT2D eigenvalue weighted by Crippen LogP contribution is 1.91. The van der Waals surface area contributed by atoms with Gasteiger partial charge in [-0.05, 0) is 20.8 Å². The minimum Gasteiger partial charge on any atom is -0.309 e. The van der Waals surface area contributed by atoms with E-state index in [0.717, 1.165) is 0 Å². The summed E-state index contributed by atoms with van der Waals surface area (Å²) in [5, 5.41) is 0. The number of allylic oxidation sites excluding steroid dienone is 2. The molecule has 0 aliphatic heterocycles. The van der Waals surface area contributed by atoms with Crippen molar-refractivity contribution < 1.29 is 0 Å². The topological polar surface area (TPSA) is 34.9 Å². The summed E-state index contributed by atoms with van der Waals surface area (Å²) < 4.78 is 1.65. The number of aromatic nitrogens is 2. The molecule has 0 unspecified atom stereocenters. The summed E-state index contributed by atoms with van der Waals surface area (Å²) in [4.78, 5) is 15.4. The van der Waals surface area contributed by atoms with Crippen molar-refractivity contribution in [3.63, 3.8) is 0 Å². The van der Waals surface area contributed by atoms with Crippen molar-refractivity contribution in [2.24, 2.45) is 0 Å². The number of hydrogen-bond donors (Lipinski definition) is 0. The zero-order valence-corrected chi connectivity index (χ0v) is 8.24. The van der Waals surface area contributed by atoms with Gasteiger partial charge in [0, 0.05) is 18.9 Å². The molecule has 0 fully saturated rings. The molecule has 0 aromatic carbocycles. The molecule has 0 spiro atoms. The standard InChI is InChI=1S/C10H14N2O/c1-8(2)4-6-12-7-5-11-9(3)10(12)13/h4-5,7H,6H2,1-3H3. The third kappa shape index (κ3) is 2.54. The van der Waals surface area contributed by atoms with Gasteiger partial charge in [-0.2, -0.15) is 0 Å². The molecule has 0 radical (unpaired) electrons. The molecule has 70 valence electrons. The fourth-order valence-electron chi connectivity index (χ4n) is 0.981. The maximum Gasteiger partial charge on any atom is 0.272 e. The first-order valence-corrected chi connectivity index (χ1v) is 4.26. The lowest BCUT2D eigenvalue weighted by molar-refractivity contribution is 0.750. The molecule has 0 saturated carbocycles. The van der Waals surface area contributed by atoms with Gasteiger partial charge in [-0.3, -0.25) is 9.78 Å². The summed E-state index contributed by atoms with van der Waals surface area (Å²) >= 11 is 0. The molecule has 1 heterocycles. The van der Waals surface area contributed by atoms with Crippen molar-refractivity contribution in [2.45, 2.75) is 27.3 Å². The van der Waals surface area contributed by atoms with Crippen LogP contribution in [-0.4, -0.2) is 9.55 Å². The van der Waals surface area contributed by atoms with E-state index >= 15 is 0 Å². The Morgan fingerprint density at radius 2 is 2.31 bits per heavy atom. The van der Waals surface area contributed by atoms with Crippen molar-refractivity contribution in [1.29, 1.82) is 0 Å². The first-order valence-electron chi connectivity index (χ1n) is 4.26. The highest BCUT2D eigenvalue weighted by molar-refractivity contribution is 4.98. The molecule has 1 rings (SSSR count). The van der Waals surface area contributed by atoms with Crippen LogP contribution in [0.2, 0.25) is 0 Å². The second-order valence-electron chi connectivity index (χ2n) is 3.25. The van der Waals surface area contributed by atoms with Gasteiger partial charge < -0.3 is 4.57 Å². The van der Waals surface area contributed by atoms with E-state index in [1.165, 1.54) is 5.57 Å². The van der Waals surface area contributed by atoms with Gasteiger partial charge in [0.1, 0.15) is 5.69 Å². The Bertz CT molecular complexity index is 373. The highest BCUT2D eigenvalue weighted by Gasteiger charge is 1.96. The zero-order valence-electron chi connectivity index (χ0n) is 8.24. The van der Waals surface area contributed by atoms with Crippen molar-refractivity contribution in [3.05, 3.63) is 40.1 Å². The van der Waals surface area contributed by atoms with Crippen molar-refractivity contribution in [3.8, 4) is 0 Å². The van der Waals surface area contributed by atoms with E-state index in [0.29, 0.717) is 12.2 Å². The van der Waals surface area contributed by atoms with Crippen LogP contribution >= 0.6 is 0 Å². The third-order valence-electron chi connectivity index (χ3n) is 1.78.